The summed E-state index contributed by atoms with van der Waals surface area (Å²) >= 11 is 0. The number of hydrogen-bond donors (Lipinski definition) is 1. The Morgan fingerprint density at radius 3 is 2.79 bits per heavy atom. The topological polar surface area (TPSA) is 23.5 Å². The average Bonchev–Trinajstić information content (AvgIpc) is 2.18. The van der Waals surface area contributed by atoms with Crippen molar-refractivity contribution in [1.82, 2.24) is 4.90 Å². The van der Waals surface area contributed by atoms with Gasteiger partial charge in [0.15, 0.2) is 0 Å². The summed E-state index contributed by atoms with van der Waals surface area (Å²) < 4.78 is 0. The fourth-order valence-corrected chi connectivity index (χ4v) is 2.20. The predicted molar refractivity (Wildman–Crippen MR) is 59.0 cm³/mol. The van der Waals surface area contributed by atoms with Gasteiger partial charge in [-0.2, -0.15) is 0 Å². The van der Waals surface area contributed by atoms with E-state index in [9.17, 15) is 5.11 Å². The molecular weight excluding hydrogens is 174 g/mol. The van der Waals surface area contributed by atoms with Crippen molar-refractivity contribution in [3.63, 3.8) is 0 Å². The van der Waals surface area contributed by atoms with E-state index < -0.39 is 0 Å². The normalized spacial score (nSPS) is 27.6. The van der Waals surface area contributed by atoms with E-state index in [0.717, 1.165) is 32.2 Å². The van der Waals surface area contributed by atoms with Crippen molar-refractivity contribution in [2.45, 2.75) is 50.7 Å². The van der Waals surface area contributed by atoms with Crippen molar-refractivity contribution in [3.8, 4) is 12.3 Å². The average molecular weight is 195 g/mol. The summed E-state index contributed by atoms with van der Waals surface area (Å²) in [6.07, 6.45) is 11.5. The van der Waals surface area contributed by atoms with E-state index in [0.29, 0.717) is 6.04 Å². The highest BCUT2D eigenvalue weighted by Gasteiger charge is 2.25. The third-order valence-electron chi connectivity index (χ3n) is 3.09. The summed E-state index contributed by atoms with van der Waals surface area (Å²) in [4.78, 5) is 2.27. The molecule has 2 atom stereocenters. The van der Waals surface area contributed by atoms with E-state index in [1.807, 2.05) is 0 Å². The van der Waals surface area contributed by atoms with Crippen LogP contribution in [0.1, 0.15) is 38.5 Å². The van der Waals surface area contributed by atoms with Gasteiger partial charge in [-0.15, -0.1) is 12.3 Å². The first kappa shape index (κ1) is 11.6. The molecule has 1 N–H and O–H groups in total. The van der Waals surface area contributed by atoms with Gasteiger partial charge < -0.3 is 10.0 Å². The maximum Gasteiger partial charge on any atom is 0.0695 e. The summed E-state index contributed by atoms with van der Waals surface area (Å²) in [6, 6.07) is 0.363. The molecule has 2 heteroatoms. The second-order valence-electron chi connectivity index (χ2n) is 4.21. The van der Waals surface area contributed by atoms with Crippen LogP contribution in [-0.2, 0) is 0 Å². The zero-order valence-corrected chi connectivity index (χ0v) is 9.08. The van der Waals surface area contributed by atoms with Crippen molar-refractivity contribution < 1.29 is 5.11 Å². The van der Waals surface area contributed by atoms with Gasteiger partial charge in [-0.3, -0.25) is 0 Å². The number of aliphatic hydroxyl groups is 1. The fourth-order valence-electron chi connectivity index (χ4n) is 2.20. The lowest BCUT2D eigenvalue weighted by Gasteiger charge is -2.35. The molecule has 0 heterocycles. The van der Waals surface area contributed by atoms with Crippen LogP contribution >= 0.6 is 0 Å². The van der Waals surface area contributed by atoms with Gasteiger partial charge in [0.05, 0.1) is 6.10 Å². The maximum absolute atomic E-state index is 9.81. The van der Waals surface area contributed by atoms with Crippen molar-refractivity contribution in [1.29, 1.82) is 0 Å². The minimum atomic E-state index is -0.125. The Bertz CT molecular complexity index is 197. The van der Waals surface area contributed by atoms with E-state index in [4.69, 9.17) is 6.42 Å². The smallest absolute Gasteiger partial charge is 0.0695 e. The number of unbranched alkanes of at least 4 members (excludes halogenated alkanes) is 1. The van der Waals surface area contributed by atoms with Gasteiger partial charge in [0, 0.05) is 12.5 Å². The highest BCUT2D eigenvalue weighted by Crippen LogP contribution is 2.22. The molecule has 1 fully saturated rings. The van der Waals surface area contributed by atoms with E-state index in [-0.39, 0.29) is 6.10 Å². The molecule has 2 unspecified atom stereocenters. The molecule has 0 bridgehead atoms. The number of rotatable bonds is 4. The number of likely N-dealkylation sites (N-methyl/N-ethyl adjacent to an activating group) is 1. The third-order valence-corrected chi connectivity index (χ3v) is 3.09. The van der Waals surface area contributed by atoms with Crippen LogP contribution in [0.2, 0.25) is 0 Å². The zero-order valence-electron chi connectivity index (χ0n) is 9.08. The Balaban J connectivity index is 2.27. The van der Waals surface area contributed by atoms with Gasteiger partial charge >= 0.3 is 0 Å². The monoisotopic (exact) mass is 195 g/mol. The van der Waals surface area contributed by atoms with Crippen LogP contribution in [0.4, 0.5) is 0 Å². The molecule has 0 aliphatic heterocycles. The van der Waals surface area contributed by atoms with E-state index in [2.05, 4.69) is 17.9 Å². The van der Waals surface area contributed by atoms with Gasteiger partial charge in [-0.1, -0.05) is 12.8 Å². The zero-order chi connectivity index (χ0) is 10.4. The van der Waals surface area contributed by atoms with Crippen LogP contribution in [0.5, 0.6) is 0 Å². The summed E-state index contributed by atoms with van der Waals surface area (Å²) in [5.74, 6) is 2.65. The fraction of sp³-hybridized carbons (Fsp3) is 0.833. The van der Waals surface area contributed by atoms with Gasteiger partial charge in [0.25, 0.3) is 0 Å². The van der Waals surface area contributed by atoms with Crippen LogP contribution in [0.15, 0.2) is 0 Å². The molecule has 14 heavy (non-hydrogen) atoms. The molecule has 0 spiro atoms. The second-order valence-corrected chi connectivity index (χ2v) is 4.21. The molecule has 1 saturated carbocycles. The molecular formula is C12H21NO. The molecule has 0 saturated heterocycles. The molecule has 0 radical (unpaired) electrons. The summed E-state index contributed by atoms with van der Waals surface area (Å²) in [6.45, 7) is 1.01. The highest BCUT2D eigenvalue weighted by molar-refractivity contribution is 4.85. The predicted octanol–water partition coefficient (Wildman–Crippen LogP) is 1.64. The molecule has 2 nitrogen and oxygen atoms in total. The van der Waals surface area contributed by atoms with Crippen molar-refractivity contribution in [2.75, 3.05) is 13.6 Å². The third kappa shape index (κ3) is 3.32. The SMILES string of the molecule is C#CCCCN(C)C1CCCCC1O. The summed E-state index contributed by atoms with van der Waals surface area (Å²) in [5, 5.41) is 9.81. The first-order valence-corrected chi connectivity index (χ1v) is 5.57. The number of nitrogens with zero attached hydrogens (tertiary/aromatic N) is 1. The highest BCUT2D eigenvalue weighted by atomic mass is 16.3. The standard InChI is InChI=1S/C12H21NO/c1-3-4-7-10-13(2)11-8-5-6-9-12(11)14/h1,11-12,14H,4-10H2,2H3. The maximum atomic E-state index is 9.81. The molecule has 1 aliphatic carbocycles. The molecule has 1 aliphatic rings. The Morgan fingerprint density at radius 1 is 1.43 bits per heavy atom. The number of hydrogen-bond acceptors (Lipinski definition) is 2. The Hall–Kier alpha value is -0.520. The van der Waals surface area contributed by atoms with Crippen LogP contribution < -0.4 is 0 Å². The van der Waals surface area contributed by atoms with Crippen LogP contribution in [-0.4, -0.2) is 35.7 Å². The molecule has 80 valence electrons. The Morgan fingerprint density at radius 2 is 2.14 bits per heavy atom. The lowest BCUT2D eigenvalue weighted by molar-refractivity contribution is 0.0320. The molecule has 0 amide bonds. The van der Waals surface area contributed by atoms with Crippen molar-refractivity contribution in [2.24, 2.45) is 0 Å². The lowest BCUT2D eigenvalue weighted by atomic mass is 9.91. The van der Waals surface area contributed by atoms with Crippen LogP contribution in [0.3, 0.4) is 0 Å². The number of aliphatic hydroxyl groups excluding tert-OH is 1. The van der Waals surface area contributed by atoms with Crippen LogP contribution in [0, 0.1) is 12.3 Å². The van der Waals surface area contributed by atoms with Crippen molar-refractivity contribution >= 4 is 0 Å². The van der Waals surface area contributed by atoms with Gasteiger partial charge in [-0.05, 0) is 32.9 Å². The Kier molecular flexibility index (Phi) is 5.00. The largest absolute Gasteiger partial charge is 0.391 e. The Labute approximate surface area is 87.3 Å². The van der Waals surface area contributed by atoms with E-state index in [1.54, 1.807) is 0 Å². The van der Waals surface area contributed by atoms with Gasteiger partial charge in [0.2, 0.25) is 0 Å². The second kappa shape index (κ2) is 6.06. The number of terminal acetylenes is 1. The van der Waals surface area contributed by atoms with Gasteiger partial charge in [-0.25, -0.2) is 0 Å². The quantitative estimate of drug-likeness (QED) is 0.544. The molecule has 1 rings (SSSR count). The minimum absolute atomic E-state index is 0.125. The molecule has 0 aromatic rings. The van der Waals surface area contributed by atoms with Crippen LogP contribution in [0.25, 0.3) is 0 Å². The molecule has 0 aromatic heterocycles. The van der Waals surface area contributed by atoms with Gasteiger partial charge in [0.1, 0.15) is 0 Å². The minimum Gasteiger partial charge on any atom is -0.391 e. The molecule has 0 aromatic carbocycles. The first-order chi connectivity index (χ1) is 6.75. The van der Waals surface area contributed by atoms with Crippen molar-refractivity contribution in [3.05, 3.63) is 0 Å². The first-order valence-electron chi connectivity index (χ1n) is 5.57. The lowest BCUT2D eigenvalue weighted by Crippen LogP contribution is -2.43. The summed E-state index contributed by atoms with van der Waals surface area (Å²) in [5.41, 5.74) is 0. The van der Waals surface area contributed by atoms with E-state index >= 15 is 0 Å². The summed E-state index contributed by atoms with van der Waals surface area (Å²) in [7, 11) is 2.09. The van der Waals surface area contributed by atoms with E-state index in [1.165, 1.54) is 12.8 Å².